The molecule has 0 bridgehead atoms. The molecule has 2 rings (SSSR count). The maximum Gasteiger partial charge on any atom is 0.320 e. The molecule has 1 N–H and O–H groups in total. The third-order valence-corrected chi connectivity index (χ3v) is 3.99. The molecule has 1 aliphatic rings. The highest BCUT2D eigenvalue weighted by molar-refractivity contribution is 6.31. The summed E-state index contributed by atoms with van der Waals surface area (Å²) in [5.41, 5.74) is 0.638. The number of carboxylic acid groups (broad SMARTS) is 1. The van der Waals surface area contributed by atoms with E-state index in [4.69, 9.17) is 16.7 Å². The molecule has 1 aliphatic heterocycles. The van der Waals surface area contributed by atoms with Crippen molar-refractivity contribution in [3.8, 4) is 0 Å². The number of carbonyl (C=O) groups is 2. The second-order valence-electron chi connectivity index (χ2n) is 5.47. The molecule has 1 aromatic rings. The molecule has 0 saturated carbocycles. The lowest BCUT2D eigenvalue weighted by molar-refractivity contribution is -0.137. The number of benzene rings is 1. The molecule has 2 amide bonds. The quantitative estimate of drug-likeness (QED) is 0.891. The SMILES string of the molecule is O=C(O)CCN(Cc1ccccc1Cl)C(=O)N1CCC(F)(F)C1. The molecule has 0 aromatic heterocycles. The Hall–Kier alpha value is -1.89. The van der Waals surface area contributed by atoms with Gasteiger partial charge in [0.25, 0.3) is 5.92 Å². The molecular formula is C15H17ClF2N2O3. The maximum absolute atomic E-state index is 13.3. The van der Waals surface area contributed by atoms with Gasteiger partial charge in [-0.15, -0.1) is 0 Å². The molecular weight excluding hydrogens is 330 g/mol. The first-order chi connectivity index (χ1) is 10.8. The second-order valence-corrected chi connectivity index (χ2v) is 5.87. The zero-order valence-electron chi connectivity index (χ0n) is 12.3. The van der Waals surface area contributed by atoms with Crippen molar-refractivity contribution in [3.05, 3.63) is 34.9 Å². The van der Waals surface area contributed by atoms with Crippen LogP contribution in [0.25, 0.3) is 0 Å². The molecule has 0 radical (unpaired) electrons. The molecule has 5 nitrogen and oxygen atoms in total. The van der Waals surface area contributed by atoms with E-state index in [0.717, 1.165) is 4.90 Å². The number of urea groups is 1. The Labute approximate surface area is 137 Å². The molecule has 0 unspecified atom stereocenters. The smallest absolute Gasteiger partial charge is 0.320 e. The van der Waals surface area contributed by atoms with Crippen molar-refractivity contribution in [1.29, 1.82) is 0 Å². The minimum atomic E-state index is -2.89. The summed E-state index contributed by atoms with van der Waals surface area (Å²) < 4.78 is 26.6. The number of halogens is 3. The third-order valence-electron chi connectivity index (χ3n) is 3.63. The number of nitrogens with zero attached hydrogens (tertiary/aromatic N) is 2. The molecule has 0 aliphatic carbocycles. The van der Waals surface area contributed by atoms with Gasteiger partial charge in [0.1, 0.15) is 0 Å². The van der Waals surface area contributed by atoms with Crippen LogP contribution in [-0.2, 0) is 11.3 Å². The molecule has 23 heavy (non-hydrogen) atoms. The molecule has 1 heterocycles. The number of hydrogen-bond donors (Lipinski definition) is 1. The molecule has 0 atom stereocenters. The first kappa shape index (κ1) is 17.5. The summed E-state index contributed by atoms with van der Waals surface area (Å²) in [7, 11) is 0. The molecule has 1 fully saturated rings. The summed E-state index contributed by atoms with van der Waals surface area (Å²) in [5.74, 6) is -3.95. The van der Waals surface area contributed by atoms with Crippen LogP contribution in [0.5, 0.6) is 0 Å². The minimum absolute atomic E-state index is 0.0437. The van der Waals surface area contributed by atoms with E-state index in [2.05, 4.69) is 0 Å². The van der Waals surface area contributed by atoms with Crippen LogP contribution in [0.3, 0.4) is 0 Å². The highest BCUT2D eigenvalue weighted by Gasteiger charge is 2.41. The lowest BCUT2D eigenvalue weighted by atomic mass is 10.2. The number of rotatable bonds is 5. The van der Waals surface area contributed by atoms with Crippen LogP contribution in [0.15, 0.2) is 24.3 Å². The number of carboxylic acids is 1. The number of carbonyl (C=O) groups excluding carboxylic acids is 1. The van der Waals surface area contributed by atoms with Crippen molar-refractivity contribution < 1.29 is 23.5 Å². The van der Waals surface area contributed by atoms with E-state index in [1.807, 2.05) is 0 Å². The summed E-state index contributed by atoms with van der Waals surface area (Å²) >= 11 is 6.05. The average Bonchev–Trinajstić information content (AvgIpc) is 2.84. The first-order valence-electron chi connectivity index (χ1n) is 7.15. The van der Waals surface area contributed by atoms with Gasteiger partial charge in [0, 0.05) is 31.1 Å². The Morgan fingerprint density at radius 2 is 2.04 bits per heavy atom. The standard InChI is InChI=1S/C15H17ClF2N2O3/c16-12-4-2-1-3-11(12)9-19(7-5-13(21)22)14(23)20-8-6-15(17,18)10-20/h1-4H,5-10H2,(H,21,22). The van der Waals surface area contributed by atoms with E-state index < -0.39 is 24.5 Å². The van der Waals surface area contributed by atoms with Crippen LogP contribution in [-0.4, -0.2) is 52.5 Å². The van der Waals surface area contributed by atoms with Crippen LogP contribution >= 0.6 is 11.6 Å². The van der Waals surface area contributed by atoms with Crippen molar-refractivity contribution in [3.63, 3.8) is 0 Å². The monoisotopic (exact) mass is 346 g/mol. The zero-order valence-corrected chi connectivity index (χ0v) is 13.1. The lowest BCUT2D eigenvalue weighted by Gasteiger charge is -2.28. The molecule has 8 heteroatoms. The van der Waals surface area contributed by atoms with Crippen molar-refractivity contribution >= 4 is 23.6 Å². The van der Waals surface area contributed by atoms with Crippen molar-refractivity contribution in [2.45, 2.75) is 25.3 Å². The van der Waals surface area contributed by atoms with E-state index in [0.29, 0.717) is 10.6 Å². The third kappa shape index (κ3) is 4.79. The van der Waals surface area contributed by atoms with Gasteiger partial charge in [0.05, 0.1) is 13.0 Å². The first-order valence-corrected chi connectivity index (χ1v) is 7.53. The Kier molecular flexibility index (Phi) is 5.41. The minimum Gasteiger partial charge on any atom is -0.481 e. The molecule has 0 spiro atoms. The fourth-order valence-corrected chi connectivity index (χ4v) is 2.60. The zero-order chi connectivity index (χ0) is 17.0. The number of amides is 2. The van der Waals surface area contributed by atoms with Crippen molar-refractivity contribution in [1.82, 2.24) is 9.80 Å². The summed E-state index contributed by atoms with van der Waals surface area (Å²) in [6.45, 7) is -0.675. The predicted octanol–water partition coefficient (Wildman–Crippen LogP) is 3.08. The van der Waals surface area contributed by atoms with E-state index in [1.165, 1.54) is 4.90 Å². The topological polar surface area (TPSA) is 60.9 Å². The van der Waals surface area contributed by atoms with E-state index in [-0.39, 0.29) is 32.5 Å². The Bertz CT molecular complexity index is 598. The van der Waals surface area contributed by atoms with E-state index in [1.54, 1.807) is 24.3 Å². The highest BCUT2D eigenvalue weighted by Crippen LogP contribution is 2.28. The van der Waals surface area contributed by atoms with Gasteiger partial charge in [-0.05, 0) is 11.6 Å². The van der Waals surface area contributed by atoms with Gasteiger partial charge in [0.15, 0.2) is 0 Å². The van der Waals surface area contributed by atoms with Gasteiger partial charge in [-0.3, -0.25) is 4.79 Å². The number of likely N-dealkylation sites (tertiary alicyclic amines) is 1. The molecule has 1 saturated heterocycles. The van der Waals surface area contributed by atoms with Crippen LogP contribution in [0.4, 0.5) is 13.6 Å². The summed E-state index contributed by atoms with van der Waals surface area (Å²) in [5, 5.41) is 9.25. The normalized spacial score (nSPS) is 16.4. The van der Waals surface area contributed by atoms with Gasteiger partial charge in [-0.2, -0.15) is 0 Å². The van der Waals surface area contributed by atoms with Gasteiger partial charge < -0.3 is 14.9 Å². The predicted molar refractivity (Wildman–Crippen MR) is 80.6 cm³/mol. The van der Waals surface area contributed by atoms with Gasteiger partial charge >= 0.3 is 12.0 Å². The summed E-state index contributed by atoms with van der Waals surface area (Å²) in [6, 6.07) is 6.24. The number of hydrogen-bond acceptors (Lipinski definition) is 2. The maximum atomic E-state index is 13.3. The summed E-state index contributed by atoms with van der Waals surface area (Å²) in [4.78, 5) is 25.5. The molecule has 126 valence electrons. The molecule has 1 aromatic carbocycles. The highest BCUT2D eigenvalue weighted by atomic mass is 35.5. The fraction of sp³-hybridized carbons (Fsp3) is 0.467. The van der Waals surface area contributed by atoms with Crippen molar-refractivity contribution in [2.24, 2.45) is 0 Å². The Morgan fingerprint density at radius 1 is 1.35 bits per heavy atom. The summed E-state index contributed by atoms with van der Waals surface area (Å²) in [6.07, 6.45) is -0.641. The average molecular weight is 347 g/mol. The van der Waals surface area contributed by atoms with Gasteiger partial charge in [-0.1, -0.05) is 29.8 Å². The largest absolute Gasteiger partial charge is 0.481 e. The Balaban J connectivity index is 2.12. The van der Waals surface area contributed by atoms with Crippen LogP contribution < -0.4 is 0 Å². The second kappa shape index (κ2) is 7.12. The van der Waals surface area contributed by atoms with E-state index >= 15 is 0 Å². The number of alkyl halides is 2. The lowest BCUT2D eigenvalue weighted by Crippen LogP contribution is -2.43. The van der Waals surface area contributed by atoms with Gasteiger partial charge in [0.2, 0.25) is 0 Å². The van der Waals surface area contributed by atoms with E-state index in [9.17, 15) is 18.4 Å². The number of aliphatic carboxylic acids is 1. The van der Waals surface area contributed by atoms with Crippen LogP contribution in [0.1, 0.15) is 18.4 Å². The van der Waals surface area contributed by atoms with Crippen LogP contribution in [0.2, 0.25) is 5.02 Å². The van der Waals surface area contributed by atoms with Crippen LogP contribution in [0, 0.1) is 0 Å². The Morgan fingerprint density at radius 3 is 2.61 bits per heavy atom. The van der Waals surface area contributed by atoms with Gasteiger partial charge in [-0.25, -0.2) is 13.6 Å². The van der Waals surface area contributed by atoms with Crippen molar-refractivity contribution in [2.75, 3.05) is 19.6 Å². The fourth-order valence-electron chi connectivity index (χ4n) is 2.40.